The maximum absolute atomic E-state index is 12.3. The molecular weight excluding hydrogens is 266 g/mol. The van der Waals surface area contributed by atoms with E-state index in [0.717, 1.165) is 45.4 Å². The molecule has 0 aromatic carbocycles. The zero-order valence-electron chi connectivity index (χ0n) is 13.0. The lowest BCUT2D eigenvalue weighted by atomic mass is 10.2. The summed E-state index contributed by atoms with van der Waals surface area (Å²) in [6.45, 7) is 7.42. The quantitative estimate of drug-likeness (QED) is 0.381. The van der Waals surface area contributed by atoms with Crippen molar-refractivity contribution in [1.29, 1.82) is 5.26 Å². The summed E-state index contributed by atoms with van der Waals surface area (Å²) in [5.41, 5.74) is 5.72. The molecule has 118 valence electrons. The van der Waals surface area contributed by atoms with Gasteiger partial charge in [-0.25, -0.2) is 0 Å². The SMILES string of the molecule is CCCCCN/C=C(/C#N)C(=O)N1CCN(CCN)CC1. The largest absolute Gasteiger partial charge is 0.390 e. The number of carbonyl (C=O) groups excluding carboxylic acids is 1. The number of amides is 1. The van der Waals surface area contributed by atoms with Crippen LogP contribution in [-0.2, 0) is 4.79 Å². The Kier molecular flexibility index (Phi) is 8.48. The number of nitrogens with one attached hydrogen (secondary N) is 1. The molecule has 3 N–H and O–H groups in total. The van der Waals surface area contributed by atoms with Crippen molar-refractivity contribution in [3.63, 3.8) is 0 Å². The maximum atomic E-state index is 12.3. The fraction of sp³-hybridized carbons (Fsp3) is 0.733. The second-order valence-corrected chi connectivity index (χ2v) is 5.25. The van der Waals surface area contributed by atoms with Crippen LogP contribution in [-0.4, -0.2) is 61.5 Å². The summed E-state index contributed by atoms with van der Waals surface area (Å²) in [5, 5.41) is 12.2. The minimum Gasteiger partial charge on any atom is -0.390 e. The van der Waals surface area contributed by atoms with Gasteiger partial charge in [0.05, 0.1) is 0 Å². The number of hydrogen-bond acceptors (Lipinski definition) is 5. The van der Waals surface area contributed by atoms with Crippen molar-refractivity contribution in [3.05, 3.63) is 11.8 Å². The van der Waals surface area contributed by atoms with E-state index in [1.807, 2.05) is 6.07 Å². The number of nitriles is 1. The Morgan fingerprint density at radius 3 is 2.62 bits per heavy atom. The molecule has 6 nitrogen and oxygen atoms in total. The van der Waals surface area contributed by atoms with Crippen LogP contribution in [0.4, 0.5) is 0 Å². The van der Waals surface area contributed by atoms with Gasteiger partial charge in [-0.15, -0.1) is 0 Å². The summed E-state index contributed by atoms with van der Waals surface area (Å²) < 4.78 is 0. The van der Waals surface area contributed by atoms with E-state index in [0.29, 0.717) is 19.6 Å². The van der Waals surface area contributed by atoms with Gasteiger partial charge in [-0.1, -0.05) is 19.8 Å². The molecule has 0 spiro atoms. The van der Waals surface area contributed by atoms with Crippen molar-refractivity contribution in [1.82, 2.24) is 15.1 Å². The molecule has 0 bridgehead atoms. The van der Waals surface area contributed by atoms with Crippen molar-refractivity contribution in [3.8, 4) is 6.07 Å². The fourth-order valence-electron chi connectivity index (χ4n) is 2.32. The van der Waals surface area contributed by atoms with Gasteiger partial charge in [0.25, 0.3) is 5.91 Å². The molecule has 1 fully saturated rings. The smallest absolute Gasteiger partial charge is 0.266 e. The highest BCUT2D eigenvalue weighted by molar-refractivity contribution is 5.97. The van der Waals surface area contributed by atoms with Gasteiger partial charge in [0.2, 0.25) is 0 Å². The van der Waals surface area contributed by atoms with Crippen LogP contribution >= 0.6 is 0 Å². The molecule has 1 rings (SSSR count). The Hall–Kier alpha value is -1.58. The lowest BCUT2D eigenvalue weighted by molar-refractivity contribution is -0.128. The van der Waals surface area contributed by atoms with Crippen LogP contribution in [0.15, 0.2) is 11.8 Å². The maximum Gasteiger partial charge on any atom is 0.266 e. The number of rotatable bonds is 8. The molecule has 0 unspecified atom stereocenters. The zero-order valence-corrected chi connectivity index (χ0v) is 13.0. The van der Waals surface area contributed by atoms with Crippen molar-refractivity contribution >= 4 is 5.91 Å². The Morgan fingerprint density at radius 1 is 1.33 bits per heavy atom. The van der Waals surface area contributed by atoms with Crippen molar-refractivity contribution in [2.45, 2.75) is 26.2 Å². The van der Waals surface area contributed by atoms with Crippen LogP contribution in [0.2, 0.25) is 0 Å². The molecule has 1 aliphatic heterocycles. The van der Waals surface area contributed by atoms with E-state index >= 15 is 0 Å². The van der Waals surface area contributed by atoms with Gasteiger partial charge in [0.15, 0.2) is 0 Å². The molecule has 1 amide bonds. The topological polar surface area (TPSA) is 85.4 Å². The zero-order chi connectivity index (χ0) is 15.5. The normalized spacial score (nSPS) is 16.6. The highest BCUT2D eigenvalue weighted by Gasteiger charge is 2.23. The van der Waals surface area contributed by atoms with E-state index in [-0.39, 0.29) is 11.5 Å². The summed E-state index contributed by atoms with van der Waals surface area (Å²) in [7, 11) is 0. The Labute approximate surface area is 127 Å². The van der Waals surface area contributed by atoms with Crippen molar-refractivity contribution < 1.29 is 4.79 Å². The molecule has 0 aromatic heterocycles. The predicted octanol–water partition coefficient (Wildman–Crippen LogP) is 0.277. The lowest BCUT2D eigenvalue weighted by Gasteiger charge is -2.34. The van der Waals surface area contributed by atoms with Gasteiger partial charge in [-0.2, -0.15) is 5.26 Å². The summed E-state index contributed by atoms with van der Waals surface area (Å²) >= 11 is 0. The highest BCUT2D eigenvalue weighted by atomic mass is 16.2. The molecule has 6 heteroatoms. The second kappa shape index (κ2) is 10.2. The average molecular weight is 293 g/mol. The van der Waals surface area contributed by atoms with Gasteiger partial charge in [0, 0.05) is 52.0 Å². The molecule has 0 aromatic rings. The molecule has 0 saturated carbocycles. The number of nitrogens with two attached hydrogens (primary N) is 1. The molecule has 1 saturated heterocycles. The van der Waals surface area contributed by atoms with Gasteiger partial charge in [-0.3, -0.25) is 9.69 Å². The van der Waals surface area contributed by atoms with E-state index in [4.69, 9.17) is 11.0 Å². The Balaban J connectivity index is 2.41. The molecule has 0 aliphatic carbocycles. The number of unbranched alkanes of at least 4 members (excludes halogenated alkanes) is 2. The summed E-state index contributed by atoms with van der Waals surface area (Å²) in [6, 6.07) is 2.00. The molecule has 1 aliphatic rings. The first-order chi connectivity index (χ1) is 10.2. The van der Waals surface area contributed by atoms with Gasteiger partial charge in [0.1, 0.15) is 11.6 Å². The Morgan fingerprint density at radius 2 is 2.05 bits per heavy atom. The number of hydrogen-bond donors (Lipinski definition) is 2. The van der Waals surface area contributed by atoms with E-state index in [9.17, 15) is 4.79 Å². The lowest BCUT2D eigenvalue weighted by Crippen LogP contribution is -2.50. The molecular formula is C15H27N5O. The minimum atomic E-state index is -0.173. The summed E-state index contributed by atoms with van der Waals surface area (Å²) in [6.07, 6.45) is 4.92. The molecule has 0 radical (unpaired) electrons. The van der Waals surface area contributed by atoms with Gasteiger partial charge >= 0.3 is 0 Å². The summed E-state index contributed by atoms with van der Waals surface area (Å²) in [5.74, 6) is -0.173. The van der Waals surface area contributed by atoms with Gasteiger partial charge in [-0.05, 0) is 6.42 Å². The monoisotopic (exact) mass is 293 g/mol. The van der Waals surface area contributed by atoms with Crippen LogP contribution in [0.25, 0.3) is 0 Å². The first-order valence-corrected chi connectivity index (χ1v) is 7.78. The standard InChI is InChI=1S/C15H27N5O/c1-2-3-4-6-18-13-14(12-17)15(21)20-10-8-19(7-5-16)9-11-20/h13,18H,2-11,16H2,1H3/b14-13-. The third-order valence-electron chi connectivity index (χ3n) is 3.63. The van der Waals surface area contributed by atoms with Crippen LogP contribution in [0.5, 0.6) is 0 Å². The molecule has 1 heterocycles. The van der Waals surface area contributed by atoms with Crippen molar-refractivity contribution in [2.75, 3.05) is 45.8 Å². The minimum absolute atomic E-state index is 0.173. The van der Waals surface area contributed by atoms with Crippen LogP contribution in [0.3, 0.4) is 0 Å². The third-order valence-corrected chi connectivity index (χ3v) is 3.63. The first kappa shape index (κ1) is 17.5. The second-order valence-electron chi connectivity index (χ2n) is 5.25. The third kappa shape index (κ3) is 6.15. The Bertz CT molecular complexity index is 380. The summed E-state index contributed by atoms with van der Waals surface area (Å²) in [4.78, 5) is 16.3. The van der Waals surface area contributed by atoms with E-state index < -0.39 is 0 Å². The fourth-order valence-corrected chi connectivity index (χ4v) is 2.32. The van der Waals surface area contributed by atoms with Crippen LogP contribution in [0.1, 0.15) is 26.2 Å². The highest BCUT2D eigenvalue weighted by Crippen LogP contribution is 2.06. The van der Waals surface area contributed by atoms with E-state index in [2.05, 4.69) is 17.1 Å². The van der Waals surface area contributed by atoms with Gasteiger partial charge < -0.3 is 16.0 Å². The predicted molar refractivity (Wildman–Crippen MR) is 83.3 cm³/mol. The van der Waals surface area contributed by atoms with Crippen LogP contribution in [0, 0.1) is 11.3 Å². The average Bonchev–Trinajstić information content (AvgIpc) is 2.51. The number of piperazine rings is 1. The first-order valence-electron chi connectivity index (χ1n) is 7.78. The van der Waals surface area contributed by atoms with Crippen LogP contribution < -0.4 is 11.1 Å². The van der Waals surface area contributed by atoms with E-state index in [1.54, 1.807) is 11.1 Å². The van der Waals surface area contributed by atoms with E-state index in [1.165, 1.54) is 0 Å². The molecule has 0 atom stereocenters. The van der Waals surface area contributed by atoms with Crippen molar-refractivity contribution in [2.24, 2.45) is 5.73 Å². The number of carbonyl (C=O) groups is 1. The number of nitrogens with zero attached hydrogens (tertiary/aromatic N) is 3. The molecule has 21 heavy (non-hydrogen) atoms.